The Morgan fingerprint density at radius 3 is 2.62 bits per heavy atom. The van der Waals surface area contributed by atoms with E-state index in [2.05, 4.69) is 10.2 Å². The molecule has 1 aromatic rings. The van der Waals surface area contributed by atoms with Gasteiger partial charge in [-0.3, -0.25) is 9.59 Å². The number of halogens is 1. The molecule has 1 aromatic carbocycles. The maximum atomic E-state index is 13.3. The number of likely N-dealkylation sites (tertiary alicyclic amines) is 1. The summed E-state index contributed by atoms with van der Waals surface area (Å²) in [5, 5.41) is 2.79. The van der Waals surface area contributed by atoms with Crippen molar-refractivity contribution in [2.75, 3.05) is 45.9 Å². The van der Waals surface area contributed by atoms with Gasteiger partial charge in [-0.05, 0) is 68.8 Å². The van der Waals surface area contributed by atoms with E-state index in [9.17, 15) is 14.0 Å². The fourth-order valence-electron chi connectivity index (χ4n) is 4.25. The van der Waals surface area contributed by atoms with Gasteiger partial charge in [-0.2, -0.15) is 0 Å². The Balaban J connectivity index is 1.21. The molecular formula is C22H30FN3O3. The maximum Gasteiger partial charge on any atom is 0.251 e. The Kier molecular flexibility index (Phi) is 6.45. The number of hydrogen-bond acceptors (Lipinski definition) is 4. The van der Waals surface area contributed by atoms with Crippen LogP contribution in [0.2, 0.25) is 0 Å². The highest BCUT2D eigenvalue weighted by molar-refractivity contribution is 5.94. The number of piperidine rings is 1. The van der Waals surface area contributed by atoms with Crippen molar-refractivity contribution in [3.63, 3.8) is 0 Å². The molecule has 7 heteroatoms. The van der Waals surface area contributed by atoms with Crippen LogP contribution in [-0.2, 0) is 9.53 Å². The summed E-state index contributed by atoms with van der Waals surface area (Å²) >= 11 is 0. The largest absolute Gasteiger partial charge is 0.365 e. The van der Waals surface area contributed by atoms with E-state index in [4.69, 9.17) is 4.74 Å². The first-order valence-electron chi connectivity index (χ1n) is 10.7. The molecule has 1 aliphatic carbocycles. The highest BCUT2D eigenvalue weighted by Gasteiger charge is 2.31. The standard InChI is InChI=1S/C22H30FN3O3/c23-19-3-1-2-18(10-19)22(28)24-11-20-14-26(21(27)15-29-20)13-17-6-8-25(9-7-17)12-16-4-5-16/h1-3,10,16-17,20H,4-9,11-15H2,(H,24,28). The average molecular weight is 403 g/mol. The summed E-state index contributed by atoms with van der Waals surface area (Å²) in [6.45, 7) is 5.13. The molecule has 0 spiro atoms. The molecule has 2 heterocycles. The first kappa shape index (κ1) is 20.3. The molecule has 0 radical (unpaired) electrons. The molecule has 3 aliphatic rings. The van der Waals surface area contributed by atoms with Gasteiger partial charge in [0, 0.05) is 31.7 Å². The second-order valence-electron chi connectivity index (χ2n) is 8.64. The van der Waals surface area contributed by atoms with Crippen LogP contribution in [0.3, 0.4) is 0 Å². The lowest BCUT2D eigenvalue weighted by molar-refractivity contribution is -0.149. The lowest BCUT2D eigenvalue weighted by Crippen LogP contribution is -2.52. The zero-order chi connectivity index (χ0) is 20.2. The number of amides is 2. The second kappa shape index (κ2) is 9.22. The van der Waals surface area contributed by atoms with Gasteiger partial charge in [0.25, 0.3) is 5.91 Å². The van der Waals surface area contributed by atoms with Crippen LogP contribution < -0.4 is 5.32 Å². The topological polar surface area (TPSA) is 61.9 Å². The van der Waals surface area contributed by atoms with Crippen molar-refractivity contribution in [3.8, 4) is 0 Å². The van der Waals surface area contributed by atoms with Gasteiger partial charge in [-0.1, -0.05) is 6.07 Å². The molecule has 29 heavy (non-hydrogen) atoms. The number of rotatable bonds is 7. The summed E-state index contributed by atoms with van der Waals surface area (Å²) in [7, 11) is 0. The normalized spacial score (nSPS) is 24.0. The van der Waals surface area contributed by atoms with Crippen LogP contribution in [0.15, 0.2) is 24.3 Å². The highest BCUT2D eigenvalue weighted by atomic mass is 19.1. The number of benzene rings is 1. The number of nitrogens with zero attached hydrogens (tertiary/aromatic N) is 2. The lowest BCUT2D eigenvalue weighted by Gasteiger charge is -2.38. The van der Waals surface area contributed by atoms with Gasteiger partial charge in [0.2, 0.25) is 5.91 Å². The third-order valence-corrected chi connectivity index (χ3v) is 6.20. The summed E-state index contributed by atoms with van der Waals surface area (Å²) < 4.78 is 18.9. The maximum absolute atomic E-state index is 13.3. The molecule has 2 saturated heterocycles. The molecule has 0 aromatic heterocycles. The Labute approximate surface area is 171 Å². The number of morpholine rings is 1. The van der Waals surface area contributed by atoms with Crippen molar-refractivity contribution in [2.24, 2.45) is 11.8 Å². The van der Waals surface area contributed by atoms with Crippen LogP contribution in [0.25, 0.3) is 0 Å². The summed E-state index contributed by atoms with van der Waals surface area (Å²) in [4.78, 5) is 28.9. The number of ether oxygens (including phenoxy) is 1. The lowest BCUT2D eigenvalue weighted by atomic mass is 9.95. The van der Waals surface area contributed by atoms with E-state index < -0.39 is 5.82 Å². The molecule has 3 fully saturated rings. The van der Waals surface area contributed by atoms with Gasteiger partial charge >= 0.3 is 0 Å². The monoisotopic (exact) mass is 403 g/mol. The van der Waals surface area contributed by atoms with Crippen LogP contribution in [0, 0.1) is 17.7 Å². The summed E-state index contributed by atoms with van der Waals surface area (Å²) in [5.41, 5.74) is 0.284. The Hall–Kier alpha value is -1.99. The average Bonchev–Trinajstić information content (AvgIpc) is 3.54. The third-order valence-electron chi connectivity index (χ3n) is 6.20. The first-order valence-corrected chi connectivity index (χ1v) is 10.7. The molecule has 6 nitrogen and oxygen atoms in total. The number of nitrogens with one attached hydrogen (secondary N) is 1. The zero-order valence-corrected chi connectivity index (χ0v) is 16.8. The van der Waals surface area contributed by atoms with Gasteiger partial charge < -0.3 is 19.9 Å². The highest BCUT2D eigenvalue weighted by Crippen LogP contribution is 2.31. The van der Waals surface area contributed by atoms with E-state index in [0.717, 1.165) is 38.4 Å². The Morgan fingerprint density at radius 2 is 1.90 bits per heavy atom. The summed E-state index contributed by atoms with van der Waals surface area (Å²) in [5.74, 6) is 0.718. The zero-order valence-electron chi connectivity index (χ0n) is 16.8. The molecule has 1 unspecified atom stereocenters. The minimum absolute atomic E-state index is 0.0260. The van der Waals surface area contributed by atoms with Gasteiger partial charge in [0.05, 0.1) is 6.10 Å². The van der Waals surface area contributed by atoms with Crippen molar-refractivity contribution in [1.29, 1.82) is 0 Å². The SMILES string of the molecule is O=C(NCC1CN(CC2CCN(CC3CC3)CC2)C(=O)CO1)c1cccc(F)c1. The smallest absolute Gasteiger partial charge is 0.251 e. The summed E-state index contributed by atoms with van der Waals surface area (Å²) in [6, 6.07) is 5.60. The minimum atomic E-state index is -0.438. The van der Waals surface area contributed by atoms with E-state index in [1.54, 1.807) is 6.07 Å². The molecule has 4 rings (SSSR count). The molecule has 158 valence electrons. The van der Waals surface area contributed by atoms with Crippen LogP contribution in [0.1, 0.15) is 36.0 Å². The number of carbonyl (C=O) groups excluding carboxylic acids is 2. The van der Waals surface area contributed by atoms with Crippen molar-refractivity contribution < 1.29 is 18.7 Å². The number of hydrogen-bond donors (Lipinski definition) is 1. The molecule has 1 atom stereocenters. The molecule has 1 N–H and O–H groups in total. The van der Waals surface area contributed by atoms with Crippen molar-refractivity contribution in [3.05, 3.63) is 35.6 Å². The van der Waals surface area contributed by atoms with E-state index >= 15 is 0 Å². The van der Waals surface area contributed by atoms with E-state index in [-0.39, 0.29) is 30.1 Å². The van der Waals surface area contributed by atoms with Gasteiger partial charge in [0.1, 0.15) is 12.4 Å². The van der Waals surface area contributed by atoms with Crippen LogP contribution >= 0.6 is 0 Å². The molecule has 2 aliphatic heterocycles. The van der Waals surface area contributed by atoms with Crippen molar-refractivity contribution in [1.82, 2.24) is 15.1 Å². The van der Waals surface area contributed by atoms with E-state index in [0.29, 0.717) is 19.0 Å². The fourth-order valence-corrected chi connectivity index (χ4v) is 4.25. The molecular weight excluding hydrogens is 373 g/mol. The van der Waals surface area contributed by atoms with Crippen molar-refractivity contribution >= 4 is 11.8 Å². The predicted molar refractivity (Wildman–Crippen MR) is 107 cm³/mol. The fraction of sp³-hybridized carbons (Fsp3) is 0.636. The van der Waals surface area contributed by atoms with Crippen molar-refractivity contribution in [2.45, 2.75) is 31.8 Å². The molecule has 0 bridgehead atoms. The van der Waals surface area contributed by atoms with Gasteiger partial charge in [-0.25, -0.2) is 4.39 Å². The quantitative estimate of drug-likeness (QED) is 0.756. The molecule has 1 saturated carbocycles. The first-order chi connectivity index (χ1) is 14.1. The van der Waals surface area contributed by atoms with E-state index in [1.165, 1.54) is 37.6 Å². The Morgan fingerprint density at radius 1 is 1.14 bits per heavy atom. The van der Waals surface area contributed by atoms with Gasteiger partial charge in [0.15, 0.2) is 0 Å². The van der Waals surface area contributed by atoms with E-state index in [1.807, 2.05) is 4.90 Å². The predicted octanol–water partition coefficient (Wildman–Crippen LogP) is 1.90. The number of carbonyl (C=O) groups is 2. The second-order valence-corrected chi connectivity index (χ2v) is 8.64. The van der Waals surface area contributed by atoms with Crippen LogP contribution in [0.5, 0.6) is 0 Å². The van der Waals surface area contributed by atoms with Crippen LogP contribution in [-0.4, -0.2) is 73.6 Å². The third kappa shape index (κ3) is 5.76. The molecule has 2 amide bonds. The summed E-state index contributed by atoms with van der Waals surface area (Å²) in [6.07, 6.45) is 4.81. The van der Waals surface area contributed by atoms with Gasteiger partial charge in [-0.15, -0.1) is 0 Å². The van der Waals surface area contributed by atoms with Crippen LogP contribution in [0.4, 0.5) is 4.39 Å². The minimum Gasteiger partial charge on any atom is -0.365 e. The Bertz CT molecular complexity index is 732.